The van der Waals surface area contributed by atoms with Crippen molar-refractivity contribution in [2.75, 3.05) is 16.4 Å². The summed E-state index contributed by atoms with van der Waals surface area (Å²) in [7, 11) is 0. The van der Waals surface area contributed by atoms with Crippen molar-refractivity contribution >= 4 is 23.0 Å². The molecule has 1 aliphatic rings. The van der Waals surface area contributed by atoms with Crippen LogP contribution in [0.25, 0.3) is 0 Å². The van der Waals surface area contributed by atoms with Gasteiger partial charge >= 0.3 is 6.18 Å². The molecule has 0 bridgehead atoms. The van der Waals surface area contributed by atoms with Gasteiger partial charge in [0.1, 0.15) is 12.0 Å². The molecule has 134 valence electrons. The fourth-order valence-electron chi connectivity index (χ4n) is 2.96. The molecule has 1 fully saturated rings. The summed E-state index contributed by atoms with van der Waals surface area (Å²) in [5.41, 5.74) is 5.93. The zero-order valence-electron chi connectivity index (χ0n) is 13.6. The molecule has 0 unspecified atom stereocenters. The van der Waals surface area contributed by atoms with E-state index < -0.39 is 11.7 Å². The van der Waals surface area contributed by atoms with Crippen molar-refractivity contribution in [1.82, 2.24) is 9.97 Å². The SMILES string of the molecule is Nc1c(Nc2cccc(C(F)(F)F)c2)ncnc1NC1CCCCC1. The van der Waals surface area contributed by atoms with E-state index in [-0.39, 0.29) is 11.5 Å². The highest BCUT2D eigenvalue weighted by Crippen LogP contribution is 2.33. The van der Waals surface area contributed by atoms with Crippen molar-refractivity contribution in [2.45, 2.75) is 44.3 Å². The second-order valence-corrected chi connectivity index (χ2v) is 6.17. The summed E-state index contributed by atoms with van der Waals surface area (Å²) in [5, 5.41) is 6.16. The van der Waals surface area contributed by atoms with Crippen LogP contribution in [0.2, 0.25) is 0 Å². The van der Waals surface area contributed by atoms with E-state index in [4.69, 9.17) is 5.73 Å². The Morgan fingerprint density at radius 1 is 1.04 bits per heavy atom. The van der Waals surface area contributed by atoms with Gasteiger partial charge in [0.05, 0.1) is 5.56 Å². The number of hydrogen-bond donors (Lipinski definition) is 3. The van der Waals surface area contributed by atoms with Gasteiger partial charge in [-0.2, -0.15) is 13.2 Å². The van der Waals surface area contributed by atoms with Gasteiger partial charge in [-0.3, -0.25) is 0 Å². The number of alkyl halides is 3. The van der Waals surface area contributed by atoms with Crippen molar-refractivity contribution in [3.05, 3.63) is 36.2 Å². The molecule has 0 amide bonds. The topological polar surface area (TPSA) is 75.9 Å². The lowest BCUT2D eigenvalue weighted by Gasteiger charge is -2.24. The van der Waals surface area contributed by atoms with Crippen molar-refractivity contribution in [3.63, 3.8) is 0 Å². The number of benzene rings is 1. The van der Waals surface area contributed by atoms with Gasteiger partial charge in [0.2, 0.25) is 0 Å². The second-order valence-electron chi connectivity index (χ2n) is 6.17. The molecule has 0 spiro atoms. The van der Waals surface area contributed by atoms with Crippen LogP contribution in [-0.2, 0) is 6.18 Å². The number of halogens is 3. The number of nitrogens with two attached hydrogens (primary N) is 1. The van der Waals surface area contributed by atoms with E-state index in [0.29, 0.717) is 17.5 Å². The van der Waals surface area contributed by atoms with Crippen molar-refractivity contribution < 1.29 is 13.2 Å². The van der Waals surface area contributed by atoms with Crippen LogP contribution in [0, 0.1) is 0 Å². The Bertz CT molecular complexity index is 726. The van der Waals surface area contributed by atoms with Crippen molar-refractivity contribution in [3.8, 4) is 0 Å². The number of nitrogens with one attached hydrogen (secondary N) is 2. The highest BCUT2D eigenvalue weighted by atomic mass is 19.4. The normalized spacial score (nSPS) is 15.8. The average molecular weight is 351 g/mol. The lowest BCUT2D eigenvalue weighted by atomic mass is 9.95. The third-order valence-electron chi connectivity index (χ3n) is 4.28. The first-order chi connectivity index (χ1) is 11.9. The first kappa shape index (κ1) is 17.3. The van der Waals surface area contributed by atoms with Gasteiger partial charge in [0.15, 0.2) is 11.6 Å². The van der Waals surface area contributed by atoms with Crippen LogP contribution in [0.1, 0.15) is 37.7 Å². The summed E-state index contributed by atoms with van der Waals surface area (Å²) in [6, 6.07) is 5.22. The molecule has 0 atom stereocenters. The van der Waals surface area contributed by atoms with E-state index in [1.54, 1.807) is 0 Å². The first-order valence-corrected chi connectivity index (χ1v) is 8.25. The minimum atomic E-state index is -4.40. The molecular formula is C17H20F3N5. The predicted octanol–water partition coefficient (Wildman–Crippen LogP) is 4.57. The number of aromatic nitrogens is 2. The molecule has 1 heterocycles. The molecule has 0 radical (unpaired) electrons. The predicted molar refractivity (Wildman–Crippen MR) is 91.7 cm³/mol. The maximum absolute atomic E-state index is 12.8. The maximum Gasteiger partial charge on any atom is 0.416 e. The molecule has 0 aliphatic heterocycles. The quantitative estimate of drug-likeness (QED) is 0.752. The summed E-state index contributed by atoms with van der Waals surface area (Å²) in [6.07, 6.45) is 2.62. The zero-order valence-corrected chi connectivity index (χ0v) is 13.6. The van der Waals surface area contributed by atoms with Gasteiger partial charge in [0, 0.05) is 11.7 Å². The number of hydrogen-bond acceptors (Lipinski definition) is 5. The van der Waals surface area contributed by atoms with Gasteiger partial charge in [-0.1, -0.05) is 25.3 Å². The third kappa shape index (κ3) is 4.32. The average Bonchev–Trinajstić information content (AvgIpc) is 2.59. The second kappa shape index (κ2) is 7.16. The van der Waals surface area contributed by atoms with Crippen LogP contribution in [-0.4, -0.2) is 16.0 Å². The van der Waals surface area contributed by atoms with E-state index in [1.165, 1.54) is 24.9 Å². The lowest BCUT2D eigenvalue weighted by molar-refractivity contribution is -0.137. The van der Waals surface area contributed by atoms with Gasteiger partial charge < -0.3 is 16.4 Å². The van der Waals surface area contributed by atoms with Crippen LogP contribution >= 0.6 is 0 Å². The van der Waals surface area contributed by atoms with Crippen LogP contribution < -0.4 is 16.4 Å². The maximum atomic E-state index is 12.8. The molecule has 4 N–H and O–H groups in total. The lowest BCUT2D eigenvalue weighted by Crippen LogP contribution is -2.23. The van der Waals surface area contributed by atoms with Crippen LogP contribution in [0.3, 0.4) is 0 Å². The molecule has 1 aliphatic carbocycles. The Balaban J connectivity index is 1.78. The van der Waals surface area contributed by atoms with Crippen LogP contribution in [0.15, 0.2) is 30.6 Å². The number of rotatable bonds is 4. The summed E-state index contributed by atoms with van der Waals surface area (Å²) in [6.45, 7) is 0. The summed E-state index contributed by atoms with van der Waals surface area (Å²) >= 11 is 0. The zero-order chi connectivity index (χ0) is 17.9. The smallest absolute Gasteiger partial charge is 0.393 e. The van der Waals surface area contributed by atoms with E-state index in [1.807, 2.05) is 0 Å². The number of nitrogens with zero attached hydrogens (tertiary/aromatic N) is 2. The van der Waals surface area contributed by atoms with Crippen LogP contribution in [0.4, 0.5) is 36.2 Å². The van der Waals surface area contributed by atoms with Gasteiger partial charge in [0.25, 0.3) is 0 Å². The number of anilines is 4. The summed E-state index contributed by atoms with van der Waals surface area (Å²) in [4.78, 5) is 8.21. The Kier molecular flexibility index (Phi) is 4.96. The Morgan fingerprint density at radius 3 is 2.48 bits per heavy atom. The highest BCUT2D eigenvalue weighted by molar-refractivity contribution is 5.77. The van der Waals surface area contributed by atoms with Crippen molar-refractivity contribution in [2.24, 2.45) is 0 Å². The molecular weight excluding hydrogens is 331 g/mol. The molecule has 0 saturated heterocycles. The van der Waals surface area contributed by atoms with E-state index in [9.17, 15) is 13.2 Å². The molecule has 2 aromatic rings. The van der Waals surface area contributed by atoms with Crippen LogP contribution in [0.5, 0.6) is 0 Å². The third-order valence-corrected chi connectivity index (χ3v) is 4.28. The summed E-state index contributed by atoms with van der Waals surface area (Å²) in [5.74, 6) is 0.795. The van der Waals surface area contributed by atoms with Crippen molar-refractivity contribution in [1.29, 1.82) is 0 Å². The standard InChI is InChI=1S/C17H20F3N5/c18-17(19,20)11-5-4-8-13(9-11)25-16-14(21)15(22-10-23-16)24-12-6-2-1-3-7-12/h4-5,8-10,12H,1-3,6-7,21H2,(H2,22,23,24,25). The largest absolute Gasteiger partial charge is 0.416 e. The molecule has 1 saturated carbocycles. The molecule has 1 aromatic heterocycles. The molecule has 25 heavy (non-hydrogen) atoms. The Labute approximate surface area is 143 Å². The minimum absolute atomic E-state index is 0.267. The van der Waals surface area contributed by atoms with Gasteiger partial charge in [-0.15, -0.1) is 0 Å². The van der Waals surface area contributed by atoms with Gasteiger partial charge in [-0.25, -0.2) is 9.97 Å². The Morgan fingerprint density at radius 2 is 1.76 bits per heavy atom. The monoisotopic (exact) mass is 351 g/mol. The first-order valence-electron chi connectivity index (χ1n) is 8.25. The van der Waals surface area contributed by atoms with E-state index in [0.717, 1.165) is 37.8 Å². The Hall–Kier alpha value is -2.51. The van der Waals surface area contributed by atoms with E-state index >= 15 is 0 Å². The van der Waals surface area contributed by atoms with Gasteiger partial charge in [-0.05, 0) is 31.0 Å². The highest BCUT2D eigenvalue weighted by Gasteiger charge is 2.30. The minimum Gasteiger partial charge on any atom is -0.393 e. The number of nitrogen functional groups attached to an aromatic ring is 1. The molecule has 8 heteroatoms. The van der Waals surface area contributed by atoms with E-state index in [2.05, 4.69) is 20.6 Å². The molecule has 3 rings (SSSR count). The fourth-order valence-corrected chi connectivity index (χ4v) is 2.96. The fraction of sp³-hybridized carbons (Fsp3) is 0.412. The summed E-state index contributed by atoms with van der Waals surface area (Å²) < 4.78 is 38.5. The molecule has 5 nitrogen and oxygen atoms in total. The molecule has 1 aromatic carbocycles.